The van der Waals surface area contributed by atoms with E-state index in [1.807, 2.05) is 0 Å². The van der Waals surface area contributed by atoms with Gasteiger partial charge in [0.1, 0.15) is 89.4 Å². The molecule has 6 rings (SSSR count). The number of ether oxygens (including phenoxy) is 5. The smallest absolute Gasteiger partial charge is 0.330 e. The fraction of sp³-hybridized carbons (Fsp3) is 0.333. The zero-order valence-corrected chi connectivity index (χ0v) is 27.9. The number of phenols is 4. The predicted octanol–water partition coefficient (Wildman–Crippen LogP) is -0.450. The largest absolute Gasteiger partial charge is 0.508 e. The molecular formula is C36H36O18. The summed E-state index contributed by atoms with van der Waals surface area (Å²) in [6, 6.07) is 13.0. The van der Waals surface area contributed by atoms with Gasteiger partial charge in [-0.05, 0) is 48.0 Å². The third-order valence-electron chi connectivity index (χ3n) is 8.76. The number of aliphatic hydroxyl groups excluding tert-OH is 6. The molecule has 3 aromatic carbocycles. The van der Waals surface area contributed by atoms with Gasteiger partial charge in [-0.1, -0.05) is 12.1 Å². The van der Waals surface area contributed by atoms with Crippen LogP contribution in [0.15, 0.2) is 76.0 Å². The van der Waals surface area contributed by atoms with E-state index >= 15 is 0 Å². The third kappa shape index (κ3) is 7.97. The lowest BCUT2D eigenvalue weighted by molar-refractivity contribution is -0.352. The van der Waals surface area contributed by atoms with E-state index < -0.39 is 109 Å². The van der Waals surface area contributed by atoms with Gasteiger partial charge in [0.25, 0.3) is 0 Å². The van der Waals surface area contributed by atoms with E-state index in [4.69, 9.17) is 28.1 Å². The van der Waals surface area contributed by atoms with Crippen LogP contribution in [0, 0.1) is 0 Å². The Bertz CT molecular complexity index is 2030. The Morgan fingerprint density at radius 1 is 0.741 bits per heavy atom. The average molecular weight is 757 g/mol. The van der Waals surface area contributed by atoms with Crippen molar-refractivity contribution < 1.29 is 84.0 Å². The van der Waals surface area contributed by atoms with Gasteiger partial charge in [-0.15, -0.1) is 0 Å². The first-order chi connectivity index (χ1) is 25.7. The molecule has 2 fully saturated rings. The van der Waals surface area contributed by atoms with E-state index in [0.717, 1.165) is 18.2 Å². The number of esters is 1. The van der Waals surface area contributed by atoms with Crippen LogP contribution in [0.3, 0.4) is 0 Å². The second-order valence-electron chi connectivity index (χ2n) is 12.5. The summed E-state index contributed by atoms with van der Waals surface area (Å²) in [6.45, 7) is -1.55. The number of aromatic hydroxyl groups is 4. The highest BCUT2D eigenvalue weighted by Crippen LogP contribution is 2.38. The Balaban J connectivity index is 1.33. The van der Waals surface area contributed by atoms with Crippen molar-refractivity contribution >= 4 is 23.0 Å². The van der Waals surface area contributed by atoms with Crippen molar-refractivity contribution in [2.45, 2.75) is 61.4 Å². The Morgan fingerprint density at radius 2 is 1.37 bits per heavy atom. The number of hydrogen-bond donors (Lipinski definition) is 10. The molecule has 18 nitrogen and oxygen atoms in total. The maximum Gasteiger partial charge on any atom is 0.330 e. The summed E-state index contributed by atoms with van der Waals surface area (Å²) in [5.41, 5.74) is -0.611. The van der Waals surface area contributed by atoms with Crippen molar-refractivity contribution in [3.63, 3.8) is 0 Å². The van der Waals surface area contributed by atoms with Crippen LogP contribution in [0.25, 0.3) is 28.4 Å². The van der Waals surface area contributed by atoms with E-state index in [2.05, 4.69) is 0 Å². The lowest BCUT2D eigenvalue weighted by Crippen LogP contribution is -2.65. The second-order valence-corrected chi connectivity index (χ2v) is 12.5. The van der Waals surface area contributed by atoms with Gasteiger partial charge in [0.2, 0.25) is 17.5 Å². The molecule has 54 heavy (non-hydrogen) atoms. The normalized spacial score (nSPS) is 28.6. The van der Waals surface area contributed by atoms with Gasteiger partial charge in [-0.25, -0.2) is 4.79 Å². The lowest BCUT2D eigenvalue weighted by atomic mass is 9.97. The third-order valence-corrected chi connectivity index (χ3v) is 8.76. The van der Waals surface area contributed by atoms with Crippen molar-refractivity contribution in [3.8, 4) is 40.1 Å². The fourth-order valence-electron chi connectivity index (χ4n) is 5.90. The van der Waals surface area contributed by atoms with Gasteiger partial charge < -0.3 is 79.2 Å². The maximum absolute atomic E-state index is 13.9. The van der Waals surface area contributed by atoms with E-state index in [0.29, 0.717) is 5.56 Å². The van der Waals surface area contributed by atoms with E-state index in [9.17, 15) is 60.7 Å². The molecule has 0 radical (unpaired) electrons. The molecular weight excluding hydrogens is 720 g/mol. The minimum Gasteiger partial charge on any atom is -0.508 e. The van der Waals surface area contributed by atoms with Gasteiger partial charge in [0, 0.05) is 23.8 Å². The molecule has 6 unspecified atom stereocenters. The van der Waals surface area contributed by atoms with E-state index in [1.54, 1.807) is 0 Å². The number of carbonyl (C=O) groups excluding carboxylic acids is 1. The number of carbonyl (C=O) groups is 1. The van der Waals surface area contributed by atoms with Crippen LogP contribution in [-0.4, -0.2) is 132 Å². The number of rotatable bonds is 10. The van der Waals surface area contributed by atoms with Crippen LogP contribution in [0.4, 0.5) is 0 Å². The van der Waals surface area contributed by atoms with Crippen molar-refractivity contribution in [2.24, 2.45) is 0 Å². The monoisotopic (exact) mass is 756 g/mol. The highest BCUT2D eigenvalue weighted by molar-refractivity contribution is 5.88. The summed E-state index contributed by atoms with van der Waals surface area (Å²) in [5.74, 6) is -3.18. The highest BCUT2D eigenvalue weighted by Gasteiger charge is 2.52. The van der Waals surface area contributed by atoms with Crippen molar-refractivity contribution in [1.29, 1.82) is 0 Å². The van der Waals surface area contributed by atoms with Gasteiger partial charge >= 0.3 is 5.97 Å². The van der Waals surface area contributed by atoms with Crippen LogP contribution >= 0.6 is 0 Å². The number of benzene rings is 3. The van der Waals surface area contributed by atoms with Gasteiger partial charge in [0.15, 0.2) is 12.1 Å². The van der Waals surface area contributed by atoms with Crippen LogP contribution in [0.1, 0.15) is 5.56 Å². The minimum absolute atomic E-state index is 0.000110. The molecule has 2 saturated heterocycles. The summed E-state index contributed by atoms with van der Waals surface area (Å²) >= 11 is 0. The van der Waals surface area contributed by atoms with Gasteiger partial charge in [-0.3, -0.25) is 4.79 Å². The Hall–Kier alpha value is -5.28. The molecule has 2 aliphatic rings. The highest BCUT2D eigenvalue weighted by atomic mass is 16.7. The molecule has 10 N–H and O–H groups in total. The molecule has 0 amide bonds. The quantitative estimate of drug-likeness (QED) is 0.0724. The van der Waals surface area contributed by atoms with Crippen LogP contribution < -0.4 is 10.2 Å². The van der Waals surface area contributed by atoms with Crippen molar-refractivity contribution in [2.75, 3.05) is 13.2 Å². The first-order valence-electron chi connectivity index (χ1n) is 16.4. The Morgan fingerprint density at radius 3 is 2.04 bits per heavy atom. The number of fused-ring (bicyclic) bond motifs is 1. The van der Waals surface area contributed by atoms with Crippen molar-refractivity contribution in [1.82, 2.24) is 0 Å². The molecule has 0 saturated carbocycles. The molecule has 18 heteroatoms. The van der Waals surface area contributed by atoms with E-state index in [1.165, 1.54) is 54.6 Å². The predicted molar refractivity (Wildman–Crippen MR) is 181 cm³/mol. The van der Waals surface area contributed by atoms with Crippen LogP contribution in [0.5, 0.6) is 28.7 Å². The summed E-state index contributed by atoms with van der Waals surface area (Å²) < 4.78 is 34.1. The Labute approximate surface area is 304 Å². The van der Waals surface area contributed by atoms with Gasteiger partial charge in [-0.2, -0.15) is 0 Å². The minimum atomic E-state index is -2.09. The second kappa shape index (κ2) is 16.0. The fourth-order valence-corrected chi connectivity index (χ4v) is 5.90. The first kappa shape index (κ1) is 38.4. The maximum atomic E-state index is 13.9. The van der Waals surface area contributed by atoms with Crippen molar-refractivity contribution in [3.05, 3.63) is 82.5 Å². The van der Waals surface area contributed by atoms with E-state index in [-0.39, 0.29) is 28.4 Å². The van der Waals surface area contributed by atoms with Gasteiger partial charge in [0.05, 0.1) is 6.61 Å². The summed E-state index contributed by atoms with van der Waals surface area (Å²) in [4.78, 5) is 26.6. The Kier molecular flexibility index (Phi) is 11.4. The zero-order chi connectivity index (χ0) is 38.8. The average Bonchev–Trinajstić information content (AvgIpc) is 3.14. The number of aliphatic hydroxyl groups is 6. The molecule has 0 spiro atoms. The number of hydrogen-bond acceptors (Lipinski definition) is 18. The molecule has 0 aliphatic carbocycles. The topological polar surface area (TPSA) is 296 Å². The molecule has 1 aromatic heterocycles. The molecule has 10 atom stereocenters. The molecule has 0 bridgehead atoms. The molecule has 288 valence electrons. The standard InChI is InChI=1S/C36H36O18/c37-13-22-26(43)28(45)30(47)35(51-22)53-33-23(14-49-24(42)10-3-15-1-6-17(38)7-2-15)52-36(31(48)29(33)46)54-34-27(44)25-20(41)11-19(40)12-21(25)50-32(34)16-4-8-18(39)9-5-16/h1-12,22-23,26,28-31,33,35-41,43,45-48H,13-14H2/b10-3+/t22?,23?,26-,28?,29?,30?,31?,33-,35+,36+/m1/s1. The lowest BCUT2D eigenvalue weighted by Gasteiger charge is -2.46. The summed E-state index contributed by atoms with van der Waals surface area (Å²) in [7, 11) is 0. The SMILES string of the molecule is O=C(/C=C/c1ccc(O)cc1)OCC1O[C@@H](Oc2c(-c3ccc(O)cc3)oc3cc(O)cc(O)c3c2=O)C(O)C(O)[C@@H]1O[C@@H]1OC(CO)[C@@H](O)C(O)C1O. The number of phenolic OH excluding ortho intramolecular Hbond substituents is 4. The summed E-state index contributed by atoms with van der Waals surface area (Å²) in [5, 5.41) is 103. The first-order valence-corrected chi connectivity index (χ1v) is 16.4. The van der Waals surface area contributed by atoms with Crippen LogP contribution in [0.2, 0.25) is 0 Å². The van der Waals surface area contributed by atoms with Crippen LogP contribution in [-0.2, 0) is 23.7 Å². The molecule has 2 aliphatic heterocycles. The molecule has 3 heterocycles. The zero-order valence-electron chi connectivity index (χ0n) is 27.9. The molecule has 4 aromatic rings. The summed E-state index contributed by atoms with van der Waals surface area (Å²) in [6.07, 6.45) is -15.9.